The van der Waals surface area contributed by atoms with Gasteiger partial charge >= 0.3 is 0 Å². The van der Waals surface area contributed by atoms with Crippen LogP contribution in [0.15, 0.2) is 22.7 Å². The van der Waals surface area contributed by atoms with Crippen LogP contribution >= 0.6 is 15.9 Å². The van der Waals surface area contributed by atoms with E-state index in [4.69, 9.17) is 0 Å². The van der Waals surface area contributed by atoms with E-state index in [0.29, 0.717) is 17.4 Å². The van der Waals surface area contributed by atoms with Gasteiger partial charge in [-0.15, -0.1) is 0 Å². The van der Waals surface area contributed by atoms with Gasteiger partial charge in [-0.25, -0.2) is 4.39 Å². The van der Waals surface area contributed by atoms with Gasteiger partial charge in [0, 0.05) is 10.5 Å². The third kappa shape index (κ3) is 4.29. The van der Waals surface area contributed by atoms with Gasteiger partial charge in [0.1, 0.15) is 5.82 Å². The fraction of sp³-hybridized carbons (Fsp3) is 0.667. The first-order valence-electron chi connectivity index (χ1n) is 8.11. The average Bonchev–Trinajstić information content (AvgIpc) is 2.41. The number of nitrogens with one attached hydrogen (secondary N) is 1. The second-order valence-electron chi connectivity index (χ2n) is 6.94. The number of likely N-dealkylation sites (N-methyl/N-ethyl adjacent to an activating group) is 1. The summed E-state index contributed by atoms with van der Waals surface area (Å²) in [5.41, 5.74) is 1.58. The lowest BCUT2D eigenvalue weighted by Crippen LogP contribution is -2.46. The van der Waals surface area contributed by atoms with E-state index in [1.807, 2.05) is 6.07 Å². The third-order valence-corrected chi connectivity index (χ3v) is 5.74. The molecule has 3 heteroatoms. The van der Waals surface area contributed by atoms with Gasteiger partial charge in [0.15, 0.2) is 0 Å². The summed E-state index contributed by atoms with van der Waals surface area (Å²) in [5, 5.41) is 3.68. The molecule has 0 bridgehead atoms. The molecular weight excluding hydrogens is 329 g/mol. The summed E-state index contributed by atoms with van der Waals surface area (Å²) in [6, 6.07) is 5.52. The molecule has 118 valence electrons. The van der Waals surface area contributed by atoms with Crippen LogP contribution in [0.3, 0.4) is 0 Å². The fourth-order valence-corrected chi connectivity index (χ4v) is 4.32. The Morgan fingerprint density at radius 2 is 2.14 bits per heavy atom. The molecule has 0 amide bonds. The molecule has 0 radical (unpaired) electrons. The molecule has 1 nitrogen and oxygen atoms in total. The van der Waals surface area contributed by atoms with Crippen LogP contribution in [0, 0.1) is 17.2 Å². The summed E-state index contributed by atoms with van der Waals surface area (Å²) >= 11 is 3.51. The first-order valence-corrected chi connectivity index (χ1v) is 8.90. The van der Waals surface area contributed by atoms with E-state index in [1.54, 1.807) is 12.1 Å². The van der Waals surface area contributed by atoms with Crippen LogP contribution in [0.5, 0.6) is 0 Å². The Hall–Kier alpha value is -0.410. The number of hydrogen-bond donors (Lipinski definition) is 1. The molecule has 0 aliphatic heterocycles. The molecule has 0 heterocycles. The molecule has 2 atom stereocenters. The quantitative estimate of drug-likeness (QED) is 0.752. The summed E-state index contributed by atoms with van der Waals surface area (Å²) in [7, 11) is 0. The van der Waals surface area contributed by atoms with Crippen molar-refractivity contribution >= 4 is 15.9 Å². The predicted octanol–water partition coefficient (Wildman–Crippen LogP) is 5.33. The Morgan fingerprint density at radius 3 is 2.76 bits per heavy atom. The summed E-state index contributed by atoms with van der Waals surface area (Å²) in [4.78, 5) is 0. The standard InChI is InChI=1S/C18H27BrFN/c1-4-21-17(15-7-5-6-10-18(15,2)3)11-13-8-9-14(20)12-16(13)19/h8-9,12,15,17,21H,4-7,10-11H2,1-3H3. The number of benzene rings is 1. The van der Waals surface area contributed by atoms with Gasteiger partial charge in [-0.3, -0.25) is 0 Å². The Labute approximate surface area is 136 Å². The Kier molecular flexibility index (Phi) is 5.84. The van der Waals surface area contributed by atoms with Crippen molar-refractivity contribution < 1.29 is 4.39 Å². The van der Waals surface area contributed by atoms with Gasteiger partial charge in [0.2, 0.25) is 0 Å². The van der Waals surface area contributed by atoms with E-state index >= 15 is 0 Å². The van der Waals surface area contributed by atoms with Crippen molar-refractivity contribution in [2.24, 2.45) is 11.3 Å². The van der Waals surface area contributed by atoms with Crippen LogP contribution in [-0.4, -0.2) is 12.6 Å². The van der Waals surface area contributed by atoms with Crippen LogP contribution < -0.4 is 5.32 Å². The molecule has 0 aromatic heterocycles. The van der Waals surface area contributed by atoms with Crippen molar-refractivity contribution in [1.29, 1.82) is 0 Å². The van der Waals surface area contributed by atoms with Gasteiger partial charge in [-0.1, -0.05) is 55.6 Å². The van der Waals surface area contributed by atoms with E-state index in [-0.39, 0.29) is 5.82 Å². The van der Waals surface area contributed by atoms with Crippen LogP contribution in [-0.2, 0) is 6.42 Å². The highest BCUT2D eigenvalue weighted by Gasteiger charge is 2.37. The lowest BCUT2D eigenvalue weighted by molar-refractivity contribution is 0.0987. The average molecular weight is 356 g/mol. The fourth-order valence-electron chi connectivity index (χ4n) is 3.81. The first-order chi connectivity index (χ1) is 9.94. The van der Waals surface area contributed by atoms with Crippen molar-refractivity contribution in [3.05, 3.63) is 34.1 Å². The smallest absolute Gasteiger partial charge is 0.124 e. The molecule has 1 fully saturated rings. The third-order valence-electron chi connectivity index (χ3n) is 5.00. The number of hydrogen-bond acceptors (Lipinski definition) is 1. The van der Waals surface area contributed by atoms with Crippen molar-refractivity contribution in [2.75, 3.05) is 6.54 Å². The molecule has 1 aromatic rings. The lowest BCUT2D eigenvalue weighted by Gasteiger charge is -2.43. The van der Waals surface area contributed by atoms with Crippen LogP contribution in [0.2, 0.25) is 0 Å². The molecule has 1 aliphatic rings. The summed E-state index contributed by atoms with van der Waals surface area (Å²) in [6.07, 6.45) is 6.25. The first kappa shape index (κ1) is 17.0. The van der Waals surface area contributed by atoms with E-state index in [2.05, 4.69) is 42.0 Å². The highest BCUT2D eigenvalue weighted by atomic mass is 79.9. The zero-order chi connectivity index (χ0) is 15.5. The Morgan fingerprint density at radius 1 is 1.38 bits per heavy atom. The Bertz CT molecular complexity index is 472. The van der Waals surface area contributed by atoms with E-state index < -0.39 is 0 Å². The van der Waals surface area contributed by atoms with E-state index in [1.165, 1.54) is 31.2 Å². The summed E-state index contributed by atoms with van der Waals surface area (Å²) in [6.45, 7) is 7.96. The minimum atomic E-state index is -0.177. The summed E-state index contributed by atoms with van der Waals surface area (Å²) < 4.78 is 14.2. The normalized spacial score (nSPS) is 23.0. The largest absolute Gasteiger partial charge is 0.314 e. The number of rotatable bonds is 5. The lowest BCUT2D eigenvalue weighted by atomic mass is 9.65. The minimum absolute atomic E-state index is 0.177. The molecule has 2 rings (SSSR count). The molecule has 1 aromatic carbocycles. The highest BCUT2D eigenvalue weighted by Crippen LogP contribution is 2.43. The molecule has 0 spiro atoms. The van der Waals surface area contributed by atoms with Gasteiger partial charge in [0.05, 0.1) is 0 Å². The highest BCUT2D eigenvalue weighted by molar-refractivity contribution is 9.10. The van der Waals surface area contributed by atoms with Crippen LogP contribution in [0.25, 0.3) is 0 Å². The SMILES string of the molecule is CCNC(Cc1ccc(F)cc1Br)C1CCCCC1(C)C. The van der Waals surface area contributed by atoms with Gasteiger partial charge in [0.25, 0.3) is 0 Å². The zero-order valence-corrected chi connectivity index (χ0v) is 15.0. The summed E-state index contributed by atoms with van der Waals surface area (Å²) in [5.74, 6) is 0.506. The maximum atomic E-state index is 13.3. The Balaban J connectivity index is 2.18. The maximum Gasteiger partial charge on any atom is 0.124 e. The molecule has 2 unspecified atom stereocenters. The van der Waals surface area contributed by atoms with E-state index in [9.17, 15) is 4.39 Å². The van der Waals surface area contributed by atoms with E-state index in [0.717, 1.165) is 17.4 Å². The molecule has 21 heavy (non-hydrogen) atoms. The van der Waals surface area contributed by atoms with Crippen LogP contribution in [0.1, 0.15) is 52.0 Å². The topological polar surface area (TPSA) is 12.0 Å². The van der Waals surface area contributed by atoms with Gasteiger partial charge in [-0.05, 0) is 54.8 Å². The number of halogens is 2. The molecule has 1 saturated carbocycles. The molecule has 1 aliphatic carbocycles. The van der Waals surface area contributed by atoms with Crippen molar-refractivity contribution in [3.63, 3.8) is 0 Å². The van der Waals surface area contributed by atoms with Crippen molar-refractivity contribution in [3.8, 4) is 0 Å². The molecule has 0 saturated heterocycles. The zero-order valence-electron chi connectivity index (χ0n) is 13.4. The second kappa shape index (κ2) is 7.23. The van der Waals surface area contributed by atoms with Crippen molar-refractivity contribution in [1.82, 2.24) is 5.32 Å². The second-order valence-corrected chi connectivity index (χ2v) is 7.80. The van der Waals surface area contributed by atoms with Crippen molar-refractivity contribution in [2.45, 2.75) is 58.9 Å². The van der Waals surface area contributed by atoms with Gasteiger partial charge < -0.3 is 5.32 Å². The predicted molar refractivity (Wildman–Crippen MR) is 91.0 cm³/mol. The molecule has 1 N–H and O–H groups in total. The minimum Gasteiger partial charge on any atom is -0.314 e. The van der Waals surface area contributed by atoms with Gasteiger partial charge in [-0.2, -0.15) is 0 Å². The monoisotopic (exact) mass is 355 g/mol. The maximum absolute atomic E-state index is 13.3. The van der Waals surface area contributed by atoms with Crippen LogP contribution in [0.4, 0.5) is 4.39 Å². The molecular formula is C18H27BrFN.